The zero-order valence-corrected chi connectivity index (χ0v) is 11.3. The third-order valence-electron chi connectivity index (χ3n) is 3.97. The standard InChI is InChI=1S/C13H21N3O2/c1-4-10-8-16(6-5-12(10)17)13(18)11-7-14-15(3)9(11)2/h7,10,12,17H,4-6,8H2,1-3H3. The van der Waals surface area contributed by atoms with E-state index in [4.69, 9.17) is 0 Å². The average molecular weight is 251 g/mol. The van der Waals surface area contributed by atoms with Gasteiger partial charge in [0.15, 0.2) is 0 Å². The van der Waals surface area contributed by atoms with Gasteiger partial charge in [0, 0.05) is 31.7 Å². The summed E-state index contributed by atoms with van der Waals surface area (Å²) in [7, 11) is 1.83. The van der Waals surface area contributed by atoms with Gasteiger partial charge in [-0.1, -0.05) is 6.92 Å². The molecule has 0 aliphatic carbocycles. The van der Waals surface area contributed by atoms with Crippen LogP contribution in [-0.4, -0.2) is 44.9 Å². The van der Waals surface area contributed by atoms with Gasteiger partial charge in [-0.25, -0.2) is 0 Å². The van der Waals surface area contributed by atoms with Gasteiger partial charge in [0.05, 0.1) is 17.9 Å². The molecule has 2 unspecified atom stereocenters. The fourth-order valence-electron chi connectivity index (χ4n) is 2.48. The smallest absolute Gasteiger partial charge is 0.257 e. The number of aryl methyl sites for hydroxylation is 1. The molecular weight excluding hydrogens is 230 g/mol. The summed E-state index contributed by atoms with van der Waals surface area (Å²) < 4.78 is 1.71. The Morgan fingerprint density at radius 1 is 1.61 bits per heavy atom. The van der Waals surface area contributed by atoms with Crippen molar-refractivity contribution in [3.63, 3.8) is 0 Å². The van der Waals surface area contributed by atoms with E-state index >= 15 is 0 Å². The van der Waals surface area contributed by atoms with E-state index in [0.717, 1.165) is 12.1 Å². The largest absolute Gasteiger partial charge is 0.393 e. The second kappa shape index (κ2) is 5.10. The Hall–Kier alpha value is -1.36. The summed E-state index contributed by atoms with van der Waals surface area (Å²) in [5, 5.41) is 13.9. The Balaban J connectivity index is 2.12. The van der Waals surface area contributed by atoms with E-state index in [2.05, 4.69) is 12.0 Å². The van der Waals surface area contributed by atoms with Crippen LogP contribution in [0.3, 0.4) is 0 Å². The van der Waals surface area contributed by atoms with Gasteiger partial charge >= 0.3 is 0 Å². The molecule has 2 heterocycles. The molecule has 0 spiro atoms. The number of amides is 1. The van der Waals surface area contributed by atoms with Crippen LogP contribution in [-0.2, 0) is 7.05 Å². The molecule has 0 saturated carbocycles. The number of rotatable bonds is 2. The van der Waals surface area contributed by atoms with Gasteiger partial charge in [-0.2, -0.15) is 5.10 Å². The van der Waals surface area contributed by atoms with Crippen molar-refractivity contribution < 1.29 is 9.90 Å². The highest BCUT2D eigenvalue weighted by molar-refractivity contribution is 5.95. The third kappa shape index (κ3) is 2.27. The number of aliphatic hydroxyl groups excluding tert-OH is 1. The van der Waals surface area contributed by atoms with Crippen LogP contribution >= 0.6 is 0 Å². The van der Waals surface area contributed by atoms with Crippen molar-refractivity contribution in [3.05, 3.63) is 17.5 Å². The van der Waals surface area contributed by atoms with Crippen LogP contribution in [0.4, 0.5) is 0 Å². The molecule has 1 aliphatic heterocycles. The quantitative estimate of drug-likeness (QED) is 0.851. The molecule has 0 bridgehead atoms. The second-order valence-corrected chi connectivity index (χ2v) is 5.04. The number of likely N-dealkylation sites (tertiary alicyclic amines) is 1. The van der Waals surface area contributed by atoms with Crippen molar-refractivity contribution in [2.24, 2.45) is 13.0 Å². The van der Waals surface area contributed by atoms with Crippen molar-refractivity contribution >= 4 is 5.91 Å². The Labute approximate surface area is 107 Å². The Morgan fingerprint density at radius 2 is 2.33 bits per heavy atom. The van der Waals surface area contributed by atoms with Crippen LogP contribution in [0.2, 0.25) is 0 Å². The number of hydrogen-bond donors (Lipinski definition) is 1. The van der Waals surface area contributed by atoms with Gasteiger partial charge in [-0.15, -0.1) is 0 Å². The summed E-state index contributed by atoms with van der Waals surface area (Å²) in [5.41, 5.74) is 1.56. The van der Waals surface area contributed by atoms with E-state index < -0.39 is 0 Å². The van der Waals surface area contributed by atoms with Crippen LogP contribution in [0.5, 0.6) is 0 Å². The highest BCUT2D eigenvalue weighted by Crippen LogP contribution is 2.22. The van der Waals surface area contributed by atoms with Gasteiger partial charge in [0.25, 0.3) is 5.91 Å². The number of carbonyl (C=O) groups excluding carboxylic acids is 1. The summed E-state index contributed by atoms with van der Waals surface area (Å²) in [6, 6.07) is 0. The molecule has 0 radical (unpaired) electrons. The fraction of sp³-hybridized carbons (Fsp3) is 0.692. The Kier molecular flexibility index (Phi) is 3.71. The fourth-order valence-corrected chi connectivity index (χ4v) is 2.48. The molecule has 1 saturated heterocycles. The molecule has 2 rings (SSSR count). The highest BCUT2D eigenvalue weighted by Gasteiger charge is 2.30. The molecule has 100 valence electrons. The van der Waals surface area contributed by atoms with E-state index in [0.29, 0.717) is 25.1 Å². The SMILES string of the molecule is CCC1CN(C(=O)c2cnn(C)c2C)CCC1O. The maximum absolute atomic E-state index is 12.4. The lowest BCUT2D eigenvalue weighted by atomic mass is 9.92. The summed E-state index contributed by atoms with van der Waals surface area (Å²) >= 11 is 0. The molecule has 18 heavy (non-hydrogen) atoms. The summed E-state index contributed by atoms with van der Waals surface area (Å²) in [6.45, 7) is 5.23. The van der Waals surface area contributed by atoms with Crippen LogP contribution in [0.15, 0.2) is 6.20 Å². The van der Waals surface area contributed by atoms with Gasteiger partial charge in [0.2, 0.25) is 0 Å². The topological polar surface area (TPSA) is 58.4 Å². The van der Waals surface area contributed by atoms with Crippen LogP contribution in [0.25, 0.3) is 0 Å². The molecule has 1 aromatic heterocycles. The van der Waals surface area contributed by atoms with Crippen molar-refractivity contribution in [1.82, 2.24) is 14.7 Å². The molecule has 2 atom stereocenters. The zero-order chi connectivity index (χ0) is 13.3. The first-order chi connectivity index (χ1) is 8.54. The second-order valence-electron chi connectivity index (χ2n) is 5.04. The molecular formula is C13H21N3O2. The van der Waals surface area contributed by atoms with Crippen molar-refractivity contribution in [1.29, 1.82) is 0 Å². The monoisotopic (exact) mass is 251 g/mol. The maximum Gasteiger partial charge on any atom is 0.257 e. The number of hydrogen-bond acceptors (Lipinski definition) is 3. The van der Waals surface area contributed by atoms with Gasteiger partial charge in [-0.05, 0) is 19.8 Å². The molecule has 5 heteroatoms. The lowest BCUT2D eigenvalue weighted by Gasteiger charge is -2.35. The molecule has 1 fully saturated rings. The molecule has 1 aromatic rings. The minimum absolute atomic E-state index is 0.0333. The molecule has 5 nitrogen and oxygen atoms in total. The zero-order valence-electron chi connectivity index (χ0n) is 11.3. The lowest BCUT2D eigenvalue weighted by molar-refractivity contribution is 0.0228. The molecule has 1 aliphatic rings. The Bertz CT molecular complexity index is 441. The number of aromatic nitrogens is 2. The van der Waals surface area contributed by atoms with Crippen molar-refractivity contribution in [3.8, 4) is 0 Å². The van der Waals surface area contributed by atoms with Crippen LogP contribution in [0.1, 0.15) is 35.8 Å². The predicted molar refractivity (Wildman–Crippen MR) is 68.3 cm³/mol. The van der Waals surface area contributed by atoms with E-state index in [1.807, 2.05) is 18.9 Å². The first-order valence-electron chi connectivity index (χ1n) is 6.50. The maximum atomic E-state index is 12.4. The molecule has 1 amide bonds. The molecule has 0 aromatic carbocycles. The number of aliphatic hydroxyl groups is 1. The Morgan fingerprint density at radius 3 is 2.89 bits per heavy atom. The predicted octanol–water partition coefficient (Wildman–Crippen LogP) is 0.962. The van der Waals surface area contributed by atoms with E-state index in [1.54, 1.807) is 10.9 Å². The summed E-state index contributed by atoms with van der Waals surface area (Å²) in [6.07, 6.45) is 2.93. The van der Waals surface area contributed by atoms with Gasteiger partial charge in [-0.3, -0.25) is 9.48 Å². The number of nitrogens with zero attached hydrogens (tertiary/aromatic N) is 3. The third-order valence-corrected chi connectivity index (χ3v) is 3.97. The number of carbonyl (C=O) groups is 1. The van der Waals surface area contributed by atoms with Gasteiger partial charge < -0.3 is 10.0 Å². The molecule has 1 N–H and O–H groups in total. The van der Waals surface area contributed by atoms with Crippen LogP contribution in [0, 0.1) is 12.8 Å². The van der Waals surface area contributed by atoms with Crippen molar-refractivity contribution in [2.75, 3.05) is 13.1 Å². The van der Waals surface area contributed by atoms with Crippen molar-refractivity contribution in [2.45, 2.75) is 32.8 Å². The van der Waals surface area contributed by atoms with E-state index in [1.165, 1.54) is 0 Å². The minimum Gasteiger partial charge on any atom is -0.393 e. The summed E-state index contributed by atoms with van der Waals surface area (Å²) in [4.78, 5) is 14.2. The number of piperidine rings is 1. The summed E-state index contributed by atoms with van der Waals surface area (Å²) in [5.74, 6) is 0.227. The lowest BCUT2D eigenvalue weighted by Crippen LogP contribution is -2.45. The van der Waals surface area contributed by atoms with Crippen LogP contribution < -0.4 is 0 Å². The van der Waals surface area contributed by atoms with Gasteiger partial charge in [0.1, 0.15) is 0 Å². The highest BCUT2D eigenvalue weighted by atomic mass is 16.3. The minimum atomic E-state index is -0.269. The first-order valence-corrected chi connectivity index (χ1v) is 6.50. The average Bonchev–Trinajstić information content (AvgIpc) is 2.70. The normalized spacial score (nSPS) is 24.3. The first kappa shape index (κ1) is 13.1. The van der Waals surface area contributed by atoms with E-state index in [-0.39, 0.29) is 17.9 Å². The van der Waals surface area contributed by atoms with E-state index in [9.17, 15) is 9.90 Å².